The summed E-state index contributed by atoms with van der Waals surface area (Å²) in [5.74, 6) is -0.243. The highest BCUT2D eigenvalue weighted by Crippen LogP contribution is 2.14. The summed E-state index contributed by atoms with van der Waals surface area (Å²) in [6, 6.07) is 6.20. The van der Waals surface area contributed by atoms with Crippen LogP contribution in [0, 0.1) is 19.7 Å². The van der Waals surface area contributed by atoms with Crippen LogP contribution in [-0.2, 0) is 19.9 Å². The quantitative estimate of drug-likeness (QED) is 0.845. The second-order valence-electron chi connectivity index (χ2n) is 6.69. The summed E-state index contributed by atoms with van der Waals surface area (Å²) >= 11 is 0. The van der Waals surface area contributed by atoms with Gasteiger partial charge in [0.2, 0.25) is 0 Å². The van der Waals surface area contributed by atoms with Crippen molar-refractivity contribution in [3.8, 4) is 0 Å². The summed E-state index contributed by atoms with van der Waals surface area (Å²) < 4.78 is 15.5. The van der Waals surface area contributed by atoms with E-state index in [0.717, 1.165) is 23.4 Å². The van der Waals surface area contributed by atoms with Crippen molar-refractivity contribution < 1.29 is 9.18 Å². The second-order valence-corrected chi connectivity index (χ2v) is 6.69. The molecular formula is C19H27FN4O. The summed E-state index contributed by atoms with van der Waals surface area (Å²) in [5.41, 5.74) is 3.86. The van der Waals surface area contributed by atoms with Gasteiger partial charge in [-0.1, -0.05) is 18.2 Å². The van der Waals surface area contributed by atoms with Gasteiger partial charge in [0.15, 0.2) is 0 Å². The number of aryl methyl sites for hydroxylation is 2. The highest BCUT2D eigenvalue weighted by atomic mass is 19.1. The smallest absolute Gasteiger partial charge is 0.315 e. The van der Waals surface area contributed by atoms with Crippen LogP contribution in [0.25, 0.3) is 0 Å². The van der Waals surface area contributed by atoms with Gasteiger partial charge in [-0.2, -0.15) is 5.10 Å². The lowest BCUT2D eigenvalue weighted by Gasteiger charge is -2.19. The minimum Gasteiger partial charge on any atom is -0.335 e. The Hall–Kier alpha value is -2.37. The number of benzene rings is 1. The molecule has 2 N–H and O–H groups in total. The van der Waals surface area contributed by atoms with Crippen molar-refractivity contribution >= 4 is 6.03 Å². The first-order chi connectivity index (χ1) is 11.8. The van der Waals surface area contributed by atoms with Crippen LogP contribution < -0.4 is 10.6 Å². The first kappa shape index (κ1) is 19.0. The Balaban J connectivity index is 1.86. The van der Waals surface area contributed by atoms with Gasteiger partial charge in [-0.15, -0.1) is 0 Å². The molecule has 5 nitrogen and oxygen atoms in total. The molecule has 25 heavy (non-hydrogen) atoms. The van der Waals surface area contributed by atoms with Crippen molar-refractivity contribution in [3.05, 3.63) is 52.6 Å². The molecule has 2 atom stereocenters. The van der Waals surface area contributed by atoms with Gasteiger partial charge >= 0.3 is 6.03 Å². The number of carbonyl (C=O) groups excluding carboxylic acids is 1. The molecule has 1 aromatic heterocycles. The Labute approximate surface area is 148 Å². The first-order valence-corrected chi connectivity index (χ1v) is 8.57. The van der Waals surface area contributed by atoms with E-state index in [1.165, 1.54) is 6.07 Å². The number of hydrogen-bond donors (Lipinski definition) is 2. The van der Waals surface area contributed by atoms with E-state index in [4.69, 9.17) is 0 Å². The first-order valence-electron chi connectivity index (χ1n) is 8.57. The monoisotopic (exact) mass is 346 g/mol. The third kappa shape index (κ3) is 5.05. The molecule has 2 amide bonds. The van der Waals surface area contributed by atoms with Gasteiger partial charge in [-0.25, -0.2) is 9.18 Å². The summed E-state index contributed by atoms with van der Waals surface area (Å²) in [4.78, 5) is 12.2. The average Bonchev–Trinajstić information content (AvgIpc) is 2.75. The topological polar surface area (TPSA) is 59.0 Å². The van der Waals surface area contributed by atoms with Crippen molar-refractivity contribution in [2.24, 2.45) is 7.05 Å². The third-order valence-electron chi connectivity index (χ3n) is 4.41. The van der Waals surface area contributed by atoms with Gasteiger partial charge in [0.05, 0.1) is 5.69 Å². The zero-order chi connectivity index (χ0) is 18.6. The van der Waals surface area contributed by atoms with E-state index in [2.05, 4.69) is 15.7 Å². The fourth-order valence-corrected chi connectivity index (χ4v) is 3.00. The molecule has 136 valence electrons. The molecule has 0 aliphatic rings. The molecule has 1 heterocycles. The number of aromatic nitrogens is 2. The maximum absolute atomic E-state index is 13.7. The number of hydrogen-bond acceptors (Lipinski definition) is 2. The number of carbonyl (C=O) groups is 1. The Morgan fingerprint density at radius 2 is 1.76 bits per heavy atom. The molecule has 0 saturated heterocycles. The standard InChI is InChI=1S/C19H27FN4O/c1-12(10-16-8-6-7-9-18(16)20)21-19(25)22-13(2)11-17-14(3)23-24(5)15(17)4/h6-9,12-13H,10-11H2,1-5H3,(H2,21,22,25)/t12-,13+/m0/s1. The lowest BCUT2D eigenvalue weighted by atomic mass is 10.1. The lowest BCUT2D eigenvalue weighted by Crippen LogP contribution is -2.45. The zero-order valence-corrected chi connectivity index (χ0v) is 15.6. The summed E-state index contributed by atoms with van der Waals surface area (Å²) in [7, 11) is 1.92. The second kappa shape index (κ2) is 8.14. The van der Waals surface area contributed by atoms with Crippen molar-refractivity contribution in [2.45, 2.75) is 52.6 Å². The predicted molar refractivity (Wildman–Crippen MR) is 97.1 cm³/mol. The Morgan fingerprint density at radius 1 is 1.16 bits per heavy atom. The van der Waals surface area contributed by atoms with Gasteiger partial charge in [0.25, 0.3) is 0 Å². The summed E-state index contributed by atoms with van der Waals surface area (Å²) in [6.45, 7) is 7.84. The van der Waals surface area contributed by atoms with Crippen LogP contribution in [0.1, 0.15) is 36.4 Å². The van der Waals surface area contributed by atoms with Gasteiger partial charge in [0, 0.05) is 24.8 Å². The van der Waals surface area contributed by atoms with Crippen molar-refractivity contribution in [2.75, 3.05) is 0 Å². The van der Waals surface area contributed by atoms with E-state index in [1.54, 1.807) is 18.2 Å². The molecule has 0 aliphatic carbocycles. The van der Waals surface area contributed by atoms with E-state index in [-0.39, 0.29) is 23.9 Å². The molecule has 0 fully saturated rings. The maximum Gasteiger partial charge on any atom is 0.315 e. The zero-order valence-electron chi connectivity index (χ0n) is 15.6. The van der Waals surface area contributed by atoms with Gasteiger partial charge < -0.3 is 10.6 Å². The Morgan fingerprint density at radius 3 is 2.32 bits per heavy atom. The molecule has 0 unspecified atom stereocenters. The molecular weight excluding hydrogens is 319 g/mol. The summed E-state index contributed by atoms with van der Waals surface area (Å²) in [5, 5.41) is 10.2. The molecule has 0 bridgehead atoms. The number of nitrogens with one attached hydrogen (secondary N) is 2. The molecule has 0 saturated carbocycles. The van der Waals surface area contributed by atoms with Gasteiger partial charge in [-0.3, -0.25) is 4.68 Å². The van der Waals surface area contributed by atoms with E-state index in [0.29, 0.717) is 12.0 Å². The molecule has 0 spiro atoms. The van der Waals surface area contributed by atoms with Crippen LogP contribution in [0.5, 0.6) is 0 Å². The Kier molecular flexibility index (Phi) is 6.17. The summed E-state index contributed by atoms with van der Waals surface area (Å²) in [6.07, 6.45) is 1.18. The van der Waals surface area contributed by atoms with Gasteiger partial charge in [0.1, 0.15) is 5.82 Å². The largest absolute Gasteiger partial charge is 0.335 e. The molecule has 1 aromatic carbocycles. The van der Waals surface area contributed by atoms with Gasteiger partial charge in [-0.05, 0) is 57.7 Å². The highest BCUT2D eigenvalue weighted by molar-refractivity contribution is 5.74. The number of amides is 2. The highest BCUT2D eigenvalue weighted by Gasteiger charge is 2.16. The SMILES string of the molecule is Cc1nn(C)c(C)c1C[C@@H](C)NC(=O)N[C@@H](C)Cc1ccccc1F. The molecule has 6 heteroatoms. The van der Waals surface area contributed by atoms with Crippen molar-refractivity contribution in [3.63, 3.8) is 0 Å². The van der Waals surface area contributed by atoms with Crippen LogP contribution in [-0.4, -0.2) is 27.9 Å². The molecule has 0 radical (unpaired) electrons. The maximum atomic E-state index is 13.7. The fourth-order valence-electron chi connectivity index (χ4n) is 3.00. The predicted octanol–water partition coefficient (Wildman–Crippen LogP) is 3.04. The van der Waals surface area contributed by atoms with Crippen LogP contribution in [0.4, 0.5) is 9.18 Å². The Bertz CT molecular complexity index is 741. The van der Waals surface area contributed by atoms with E-state index in [1.807, 2.05) is 39.4 Å². The molecule has 0 aliphatic heterocycles. The molecule has 2 rings (SSSR count). The number of rotatable bonds is 6. The third-order valence-corrected chi connectivity index (χ3v) is 4.41. The molecule has 2 aromatic rings. The minimum absolute atomic E-state index is 0.0257. The van der Waals surface area contributed by atoms with E-state index in [9.17, 15) is 9.18 Å². The fraction of sp³-hybridized carbons (Fsp3) is 0.474. The normalized spacial score (nSPS) is 13.4. The van der Waals surface area contributed by atoms with E-state index < -0.39 is 0 Å². The number of nitrogens with zero attached hydrogens (tertiary/aromatic N) is 2. The van der Waals surface area contributed by atoms with Crippen LogP contribution in [0.2, 0.25) is 0 Å². The minimum atomic E-state index is -0.243. The van der Waals surface area contributed by atoms with Crippen LogP contribution in [0.15, 0.2) is 24.3 Å². The van der Waals surface area contributed by atoms with E-state index >= 15 is 0 Å². The van der Waals surface area contributed by atoms with Crippen molar-refractivity contribution in [1.82, 2.24) is 20.4 Å². The van der Waals surface area contributed by atoms with Crippen LogP contribution >= 0.6 is 0 Å². The number of urea groups is 1. The number of halogens is 1. The van der Waals surface area contributed by atoms with Crippen molar-refractivity contribution in [1.29, 1.82) is 0 Å². The lowest BCUT2D eigenvalue weighted by molar-refractivity contribution is 0.234. The van der Waals surface area contributed by atoms with Crippen LogP contribution in [0.3, 0.4) is 0 Å². The average molecular weight is 346 g/mol.